The van der Waals surface area contributed by atoms with Crippen molar-refractivity contribution < 1.29 is 18.0 Å². The molecule has 1 atom stereocenters. The molecule has 1 aliphatic carbocycles. The number of rotatable bonds is 5. The topological polar surface area (TPSA) is 95.6 Å². The van der Waals surface area contributed by atoms with Crippen molar-refractivity contribution >= 4 is 21.8 Å². The van der Waals surface area contributed by atoms with Crippen molar-refractivity contribution in [1.29, 1.82) is 0 Å². The maximum Gasteiger partial charge on any atom is 0.269 e. The third-order valence-electron chi connectivity index (χ3n) is 4.69. The highest BCUT2D eigenvalue weighted by Crippen LogP contribution is 2.21. The second kappa shape index (κ2) is 8.01. The molecule has 1 aromatic carbocycles. The zero-order chi connectivity index (χ0) is 18.6. The molecule has 0 bridgehead atoms. The van der Waals surface area contributed by atoms with Crippen LogP contribution < -0.4 is 10.9 Å². The minimum atomic E-state index is -3.49. The number of nitrogens with one attached hydrogen (secondary N) is 2. The van der Waals surface area contributed by atoms with Crippen LogP contribution in [-0.4, -0.2) is 37.6 Å². The molecule has 0 radical (unpaired) electrons. The van der Waals surface area contributed by atoms with Crippen LogP contribution in [0, 0.1) is 5.92 Å². The normalized spacial score (nSPS) is 20.2. The molecule has 1 fully saturated rings. The number of hydrogen-bond acceptors (Lipinski definition) is 4. The Hall–Kier alpha value is -2.19. The lowest BCUT2D eigenvalue weighted by atomic mass is 10.1. The van der Waals surface area contributed by atoms with E-state index < -0.39 is 15.9 Å². The van der Waals surface area contributed by atoms with Gasteiger partial charge in [0, 0.05) is 25.1 Å². The number of hydrazine groups is 1. The molecule has 1 saturated heterocycles. The van der Waals surface area contributed by atoms with E-state index in [1.54, 1.807) is 0 Å². The van der Waals surface area contributed by atoms with Gasteiger partial charge in [-0.05, 0) is 55.9 Å². The van der Waals surface area contributed by atoms with Crippen LogP contribution in [0.15, 0.2) is 41.3 Å². The van der Waals surface area contributed by atoms with E-state index in [0.717, 1.165) is 25.7 Å². The SMILES string of the molecule is O=C(CC1C=CCC1)NNC(=O)c1ccc(S(=O)(=O)N2CCCC2)cc1. The Morgan fingerprint density at radius 2 is 1.77 bits per heavy atom. The van der Waals surface area contributed by atoms with Crippen LogP contribution in [0.25, 0.3) is 0 Å². The van der Waals surface area contributed by atoms with Gasteiger partial charge < -0.3 is 0 Å². The summed E-state index contributed by atoms with van der Waals surface area (Å²) in [4.78, 5) is 24.1. The highest BCUT2D eigenvalue weighted by Gasteiger charge is 2.27. The van der Waals surface area contributed by atoms with Gasteiger partial charge in [-0.25, -0.2) is 8.42 Å². The Morgan fingerprint density at radius 1 is 1.08 bits per heavy atom. The standard InChI is InChI=1S/C18H23N3O4S/c22-17(13-14-5-1-2-6-14)19-20-18(23)15-7-9-16(10-8-15)26(24,25)21-11-3-4-12-21/h1,5,7-10,14H,2-4,6,11-13H2,(H,19,22)(H,20,23). The van der Waals surface area contributed by atoms with Crippen LogP contribution >= 0.6 is 0 Å². The molecule has 8 heteroatoms. The van der Waals surface area contributed by atoms with E-state index in [0.29, 0.717) is 19.5 Å². The number of amides is 2. The summed E-state index contributed by atoms with van der Waals surface area (Å²) in [5, 5.41) is 0. The zero-order valence-corrected chi connectivity index (χ0v) is 15.3. The van der Waals surface area contributed by atoms with E-state index in [-0.39, 0.29) is 22.3 Å². The van der Waals surface area contributed by atoms with Gasteiger partial charge in [-0.15, -0.1) is 0 Å². The van der Waals surface area contributed by atoms with Crippen molar-refractivity contribution in [2.24, 2.45) is 5.92 Å². The summed E-state index contributed by atoms with van der Waals surface area (Å²) in [5.41, 5.74) is 5.05. The first kappa shape index (κ1) is 18.6. The van der Waals surface area contributed by atoms with Gasteiger partial charge in [0.1, 0.15) is 0 Å². The molecular weight excluding hydrogens is 354 g/mol. The molecule has 0 aromatic heterocycles. The fourth-order valence-corrected chi connectivity index (χ4v) is 4.73. The summed E-state index contributed by atoms with van der Waals surface area (Å²) in [6, 6.07) is 5.75. The highest BCUT2D eigenvalue weighted by atomic mass is 32.2. The number of allylic oxidation sites excluding steroid dienone is 2. The van der Waals surface area contributed by atoms with Crippen LogP contribution in [-0.2, 0) is 14.8 Å². The van der Waals surface area contributed by atoms with Gasteiger partial charge in [-0.2, -0.15) is 4.31 Å². The van der Waals surface area contributed by atoms with Crippen molar-refractivity contribution in [3.63, 3.8) is 0 Å². The Kier molecular flexibility index (Phi) is 5.73. The molecule has 0 saturated carbocycles. The first-order chi connectivity index (χ1) is 12.5. The molecule has 1 aromatic rings. The predicted molar refractivity (Wildman–Crippen MR) is 96.5 cm³/mol. The lowest BCUT2D eigenvalue weighted by molar-refractivity contribution is -0.122. The Bertz CT molecular complexity index is 796. The number of carbonyl (C=O) groups excluding carboxylic acids is 2. The number of hydrogen-bond donors (Lipinski definition) is 2. The molecule has 0 spiro atoms. The van der Waals surface area contributed by atoms with Gasteiger partial charge in [-0.3, -0.25) is 20.4 Å². The van der Waals surface area contributed by atoms with Gasteiger partial charge in [0.05, 0.1) is 4.90 Å². The summed E-state index contributed by atoms with van der Waals surface area (Å²) in [5.74, 6) is -0.504. The van der Waals surface area contributed by atoms with Crippen LogP contribution in [0.1, 0.15) is 42.5 Å². The van der Waals surface area contributed by atoms with Gasteiger partial charge >= 0.3 is 0 Å². The minimum absolute atomic E-state index is 0.174. The second-order valence-electron chi connectivity index (χ2n) is 6.61. The largest absolute Gasteiger partial charge is 0.273 e. The van der Waals surface area contributed by atoms with Crippen molar-refractivity contribution in [2.45, 2.75) is 37.0 Å². The van der Waals surface area contributed by atoms with Crippen molar-refractivity contribution in [3.05, 3.63) is 42.0 Å². The first-order valence-corrected chi connectivity index (χ1v) is 10.3. The minimum Gasteiger partial charge on any atom is -0.273 e. The maximum absolute atomic E-state index is 12.5. The summed E-state index contributed by atoms with van der Waals surface area (Å²) < 4.78 is 26.4. The maximum atomic E-state index is 12.5. The Balaban J connectivity index is 1.55. The quantitative estimate of drug-likeness (QED) is 0.602. The fraction of sp³-hybridized carbons (Fsp3) is 0.444. The van der Waals surface area contributed by atoms with E-state index in [4.69, 9.17) is 0 Å². The fourth-order valence-electron chi connectivity index (χ4n) is 3.21. The highest BCUT2D eigenvalue weighted by molar-refractivity contribution is 7.89. The van der Waals surface area contributed by atoms with Crippen molar-refractivity contribution in [2.75, 3.05) is 13.1 Å². The second-order valence-corrected chi connectivity index (χ2v) is 8.55. The van der Waals surface area contributed by atoms with Crippen LogP contribution in [0.3, 0.4) is 0 Å². The third-order valence-corrected chi connectivity index (χ3v) is 6.61. The smallest absolute Gasteiger partial charge is 0.269 e. The van der Waals surface area contributed by atoms with Crippen molar-refractivity contribution in [3.8, 4) is 0 Å². The van der Waals surface area contributed by atoms with Crippen molar-refractivity contribution in [1.82, 2.24) is 15.2 Å². The zero-order valence-electron chi connectivity index (χ0n) is 14.5. The van der Waals surface area contributed by atoms with Gasteiger partial charge in [0.15, 0.2) is 0 Å². The van der Waals surface area contributed by atoms with Crippen LogP contribution in [0.4, 0.5) is 0 Å². The molecule has 3 rings (SSSR count). The number of nitrogens with zero attached hydrogens (tertiary/aromatic N) is 1. The molecule has 2 amide bonds. The monoisotopic (exact) mass is 377 g/mol. The Labute approximate surface area is 153 Å². The molecule has 26 heavy (non-hydrogen) atoms. The van der Waals surface area contributed by atoms with Gasteiger partial charge in [0.2, 0.25) is 15.9 Å². The van der Waals surface area contributed by atoms with Gasteiger partial charge in [0.25, 0.3) is 5.91 Å². The summed E-state index contributed by atoms with van der Waals surface area (Å²) in [7, 11) is -3.49. The number of benzene rings is 1. The van der Waals surface area contributed by atoms with Crippen LogP contribution in [0.2, 0.25) is 0 Å². The van der Waals surface area contributed by atoms with Crippen LogP contribution in [0.5, 0.6) is 0 Å². The summed E-state index contributed by atoms with van der Waals surface area (Å²) in [6.45, 7) is 1.07. The van der Waals surface area contributed by atoms with E-state index >= 15 is 0 Å². The molecule has 1 aliphatic heterocycles. The lowest BCUT2D eigenvalue weighted by Gasteiger charge is -2.15. The molecule has 7 nitrogen and oxygen atoms in total. The third kappa shape index (κ3) is 4.31. The first-order valence-electron chi connectivity index (χ1n) is 8.83. The van der Waals surface area contributed by atoms with E-state index in [1.807, 2.05) is 12.2 Å². The molecular formula is C18H23N3O4S. The van der Waals surface area contributed by atoms with E-state index in [2.05, 4.69) is 10.9 Å². The summed E-state index contributed by atoms with van der Waals surface area (Å²) >= 11 is 0. The molecule has 2 N–H and O–H groups in total. The van der Waals surface area contributed by atoms with E-state index in [9.17, 15) is 18.0 Å². The molecule has 140 valence electrons. The summed E-state index contributed by atoms with van der Waals surface area (Å²) in [6.07, 6.45) is 8.08. The number of carbonyl (C=O) groups is 2. The van der Waals surface area contributed by atoms with Gasteiger partial charge in [-0.1, -0.05) is 12.2 Å². The molecule has 1 heterocycles. The number of sulfonamides is 1. The molecule has 1 unspecified atom stereocenters. The average molecular weight is 377 g/mol. The average Bonchev–Trinajstić information content (AvgIpc) is 3.34. The molecule has 2 aliphatic rings. The Morgan fingerprint density at radius 3 is 2.38 bits per heavy atom. The van der Waals surface area contributed by atoms with E-state index in [1.165, 1.54) is 28.6 Å². The lowest BCUT2D eigenvalue weighted by Crippen LogP contribution is -2.42. The predicted octanol–water partition coefficient (Wildman–Crippen LogP) is 1.59.